The molecule has 0 N–H and O–H groups in total. The molecular formula is C49H94O6. The van der Waals surface area contributed by atoms with Gasteiger partial charge in [0.15, 0.2) is 6.10 Å². The van der Waals surface area contributed by atoms with Gasteiger partial charge in [0.05, 0.1) is 0 Å². The molecule has 0 rings (SSSR count). The van der Waals surface area contributed by atoms with E-state index in [-0.39, 0.29) is 31.1 Å². The Balaban J connectivity index is 4.24. The number of carbonyl (C=O) groups is 3. The number of carbonyl (C=O) groups excluding carboxylic acids is 3. The lowest BCUT2D eigenvalue weighted by atomic mass is 10.0. The number of esters is 3. The molecule has 0 amide bonds. The van der Waals surface area contributed by atoms with Crippen molar-refractivity contribution < 1.29 is 28.6 Å². The highest BCUT2D eigenvalue weighted by atomic mass is 16.6. The molecule has 0 saturated carbocycles. The average Bonchev–Trinajstić information content (AvgIpc) is 3.17. The first-order valence-corrected chi connectivity index (χ1v) is 24.4. The molecule has 0 fully saturated rings. The second kappa shape index (κ2) is 43.5. The van der Waals surface area contributed by atoms with Crippen LogP contribution in [0.25, 0.3) is 0 Å². The standard InChI is InChI=1S/C49H94O6/c1-5-7-9-11-13-15-17-18-19-20-21-22-23-25-28-32-36-40-47(50)53-43-46(55-49(52)42-38-34-29-24-16-14-12-10-8-6-2)44-54-48(51)41-37-33-30-26-27-31-35-39-45(3)4/h45-46H,5-44H2,1-4H3/t46-/m0/s1. The largest absolute Gasteiger partial charge is 0.462 e. The number of hydrogen-bond donors (Lipinski definition) is 0. The third-order valence-electron chi connectivity index (χ3n) is 11.0. The zero-order valence-corrected chi connectivity index (χ0v) is 37.4. The molecule has 0 heterocycles. The van der Waals surface area contributed by atoms with Gasteiger partial charge in [0.25, 0.3) is 0 Å². The maximum absolute atomic E-state index is 12.7. The van der Waals surface area contributed by atoms with Crippen molar-refractivity contribution in [3.63, 3.8) is 0 Å². The molecule has 55 heavy (non-hydrogen) atoms. The van der Waals surface area contributed by atoms with E-state index in [1.165, 1.54) is 167 Å². The van der Waals surface area contributed by atoms with E-state index < -0.39 is 6.10 Å². The molecule has 0 aliphatic heterocycles. The summed E-state index contributed by atoms with van der Waals surface area (Å²) in [6.07, 6.45) is 43.8. The lowest BCUT2D eigenvalue weighted by Gasteiger charge is -2.18. The summed E-state index contributed by atoms with van der Waals surface area (Å²) in [5, 5.41) is 0. The van der Waals surface area contributed by atoms with Gasteiger partial charge in [-0.3, -0.25) is 14.4 Å². The Morgan fingerprint density at radius 3 is 0.891 bits per heavy atom. The molecule has 1 atom stereocenters. The molecule has 0 aromatic carbocycles. The Kier molecular flexibility index (Phi) is 42.3. The van der Waals surface area contributed by atoms with Crippen molar-refractivity contribution in [2.24, 2.45) is 5.92 Å². The summed E-state index contributed by atoms with van der Waals surface area (Å²) in [5.41, 5.74) is 0. The first-order chi connectivity index (χ1) is 26.9. The molecule has 0 aromatic heterocycles. The minimum Gasteiger partial charge on any atom is -0.462 e. The Bertz CT molecular complexity index is 826. The van der Waals surface area contributed by atoms with Gasteiger partial charge in [-0.1, -0.05) is 233 Å². The van der Waals surface area contributed by atoms with Crippen molar-refractivity contribution in [1.82, 2.24) is 0 Å². The molecule has 0 saturated heterocycles. The fourth-order valence-corrected chi connectivity index (χ4v) is 7.33. The van der Waals surface area contributed by atoms with Crippen LogP contribution in [0, 0.1) is 5.92 Å². The third-order valence-corrected chi connectivity index (χ3v) is 11.0. The second-order valence-electron chi connectivity index (χ2n) is 17.2. The lowest BCUT2D eigenvalue weighted by Crippen LogP contribution is -2.30. The van der Waals surface area contributed by atoms with Crippen LogP contribution in [-0.2, 0) is 28.6 Å². The van der Waals surface area contributed by atoms with Crippen LogP contribution in [0.3, 0.4) is 0 Å². The molecule has 0 unspecified atom stereocenters. The Morgan fingerprint density at radius 2 is 0.600 bits per heavy atom. The van der Waals surface area contributed by atoms with Gasteiger partial charge in [0, 0.05) is 19.3 Å². The number of unbranched alkanes of at least 4 members (excludes halogenated alkanes) is 31. The zero-order valence-electron chi connectivity index (χ0n) is 37.4. The molecule has 326 valence electrons. The van der Waals surface area contributed by atoms with E-state index >= 15 is 0 Å². The van der Waals surface area contributed by atoms with Gasteiger partial charge in [-0.15, -0.1) is 0 Å². The van der Waals surface area contributed by atoms with E-state index in [0.29, 0.717) is 19.3 Å². The number of rotatable bonds is 44. The number of ether oxygens (including phenoxy) is 3. The van der Waals surface area contributed by atoms with Crippen molar-refractivity contribution in [3.05, 3.63) is 0 Å². The average molecular weight is 779 g/mol. The lowest BCUT2D eigenvalue weighted by molar-refractivity contribution is -0.167. The highest BCUT2D eigenvalue weighted by Gasteiger charge is 2.19. The first-order valence-electron chi connectivity index (χ1n) is 24.4. The summed E-state index contributed by atoms with van der Waals surface area (Å²) in [7, 11) is 0. The van der Waals surface area contributed by atoms with Gasteiger partial charge in [-0.05, 0) is 25.2 Å². The molecule has 6 heteroatoms. The normalized spacial score (nSPS) is 11.9. The second-order valence-corrected chi connectivity index (χ2v) is 17.2. The molecule has 0 aliphatic carbocycles. The summed E-state index contributed by atoms with van der Waals surface area (Å²) in [6, 6.07) is 0. The fraction of sp³-hybridized carbons (Fsp3) is 0.939. The van der Waals surface area contributed by atoms with Crippen LogP contribution in [0.1, 0.15) is 272 Å². The van der Waals surface area contributed by atoms with Gasteiger partial charge in [0.2, 0.25) is 0 Å². The summed E-state index contributed by atoms with van der Waals surface area (Å²) < 4.78 is 16.7. The van der Waals surface area contributed by atoms with Crippen LogP contribution in [0.2, 0.25) is 0 Å². The van der Waals surface area contributed by atoms with Crippen molar-refractivity contribution in [2.75, 3.05) is 13.2 Å². The van der Waals surface area contributed by atoms with Gasteiger partial charge >= 0.3 is 17.9 Å². The highest BCUT2D eigenvalue weighted by Crippen LogP contribution is 2.16. The van der Waals surface area contributed by atoms with Crippen molar-refractivity contribution >= 4 is 17.9 Å². The molecule has 0 spiro atoms. The van der Waals surface area contributed by atoms with Crippen LogP contribution >= 0.6 is 0 Å². The maximum Gasteiger partial charge on any atom is 0.306 e. The summed E-state index contributed by atoms with van der Waals surface area (Å²) in [6.45, 7) is 8.95. The van der Waals surface area contributed by atoms with E-state index in [9.17, 15) is 14.4 Å². The van der Waals surface area contributed by atoms with E-state index in [1.807, 2.05) is 0 Å². The van der Waals surface area contributed by atoms with E-state index in [2.05, 4.69) is 27.7 Å². The van der Waals surface area contributed by atoms with Crippen LogP contribution in [0.15, 0.2) is 0 Å². The van der Waals surface area contributed by atoms with Crippen LogP contribution in [-0.4, -0.2) is 37.2 Å². The van der Waals surface area contributed by atoms with Gasteiger partial charge in [-0.2, -0.15) is 0 Å². The minimum absolute atomic E-state index is 0.0638. The minimum atomic E-state index is -0.759. The first kappa shape index (κ1) is 53.4. The molecule has 0 radical (unpaired) electrons. The van der Waals surface area contributed by atoms with Crippen LogP contribution in [0.4, 0.5) is 0 Å². The number of hydrogen-bond acceptors (Lipinski definition) is 6. The van der Waals surface area contributed by atoms with Gasteiger partial charge in [-0.25, -0.2) is 0 Å². The van der Waals surface area contributed by atoms with E-state index in [0.717, 1.165) is 63.7 Å². The Labute approximate surface area is 342 Å². The Hall–Kier alpha value is -1.59. The molecule has 0 aliphatic rings. The molecular weight excluding hydrogens is 685 g/mol. The van der Waals surface area contributed by atoms with Gasteiger partial charge < -0.3 is 14.2 Å². The predicted molar refractivity (Wildman–Crippen MR) is 233 cm³/mol. The monoisotopic (exact) mass is 779 g/mol. The Morgan fingerprint density at radius 1 is 0.345 bits per heavy atom. The summed E-state index contributed by atoms with van der Waals surface area (Å²) in [4.78, 5) is 37.7. The highest BCUT2D eigenvalue weighted by molar-refractivity contribution is 5.71. The molecule has 0 aromatic rings. The third kappa shape index (κ3) is 43.4. The van der Waals surface area contributed by atoms with E-state index in [4.69, 9.17) is 14.2 Å². The summed E-state index contributed by atoms with van der Waals surface area (Å²) in [5.74, 6) is -0.0721. The van der Waals surface area contributed by atoms with Crippen LogP contribution < -0.4 is 0 Å². The molecule has 0 bridgehead atoms. The predicted octanol–water partition coefficient (Wildman–Crippen LogP) is 15.5. The van der Waals surface area contributed by atoms with Gasteiger partial charge in [0.1, 0.15) is 13.2 Å². The van der Waals surface area contributed by atoms with Crippen molar-refractivity contribution in [3.8, 4) is 0 Å². The van der Waals surface area contributed by atoms with Crippen molar-refractivity contribution in [1.29, 1.82) is 0 Å². The van der Waals surface area contributed by atoms with E-state index in [1.54, 1.807) is 0 Å². The molecule has 6 nitrogen and oxygen atoms in total. The zero-order chi connectivity index (χ0) is 40.3. The van der Waals surface area contributed by atoms with Crippen molar-refractivity contribution in [2.45, 2.75) is 278 Å². The quantitative estimate of drug-likeness (QED) is 0.0348. The topological polar surface area (TPSA) is 78.9 Å². The summed E-state index contributed by atoms with van der Waals surface area (Å²) >= 11 is 0. The van der Waals surface area contributed by atoms with Crippen LogP contribution in [0.5, 0.6) is 0 Å². The SMILES string of the molecule is CCCCCCCCCCCCCCCCCCCC(=O)OC[C@@H](COC(=O)CCCCCCCCCC(C)C)OC(=O)CCCCCCCCCCCC. The smallest absolute Gasteiger partial charge is 0.306 e. The maximum atomic E-state index is 12.7. The fourth-order valence-electron chi connectivity index (χ4n) is 7.33.